The van der Waals surface area contributed by atoms with Crippen molar-refractivity contribution in [1.82, 2.24) is 9.97 Å². The SMILES string of the molecule is Cc1nc(-c2ccc(O)cc2)cc(-c2ccc(Cl)cc2Cl)c1C#N.Cc1nc(-c2ccc(O)cc2)cc(-c2cccc(Cl)c2)c1C#N. The summed E-state index contributed by atoms with van der Waals surface area (Å²) in [6.45, 7) is 3.60. The molecule has 0 aliphatic heterocycles. The molecular formula is C38H25Cl3N4O2. The van der Waals surface area contributed by atoms with Gasteiger partial charge >= 0.3 is 0 Å². The first-order valence-corrected chi connectivity index (χ1v) is 15.3. The van der Waals surface area contributed by atoms with Gasteiger partial charge in [-0.25, -0.2) is 0 Å². The predicted octanol–water partition coefficient (Wildman–Crippen LogP) is 10.6. The molecule has 230 valence electrons. The summed E-state index contributed by atoms with van der Waals surface area (Å²) in [5, 5.41) is 39.5. The lowest BCUT2D eigenvalue weighted by Gasteiger charge is -2.12. The summed E-state index contributed by atoms with van der Waals surface area (Å²) < 4.78 is 0. The third-order valence-corrected chi connectivity index (χ3v) is 8.09. The maximum Gasteiger partial charge on any atom is 0.115 e. The van der Waals surface area contributed by atoms with E-state index in [1.165, 1.54) is 0 Å². The van der Waals surface area contributed by atoms with Gasteiger partial charge in [-0.15, -0.1) is 0 Å². The molecule has 2 aromatic heterocycles. The number of phenolic OH excluding ortho intramolecular Hbond substituents is 2. The fraction of sp³-hybridized carbons (Fsp3) is 0.0526. The summed E-state index contributed by atoms with van der Waals surface area (Å²) in [4.78, 5) is 9.02. The van der Waals surface area contributed by atoms with E-state index in [4.69, 9.17) is 34.8 Å². The molecule has 0 saturated carbocycles. The van der Waals surface area contributed by atoms with E-state index in [2.05, 4.69) is 22.1 Å². The Morgan fingerprint density at radius 2 is 1.02 bits per heavy atom. The van der Waals surface area contributed by atoms with Crippen LogP contribution in [0.3, 0.4) is 0 Å². The van der Waals surface area contributed by atoms with Crippen molar-refractivity contribution in [2.75, 3.05) is 0 Å². The Balaban J connectivity index is 0.000000185. The lowest BCUT2D eigenvalue weighted by molar-refractivity contribution is 0.475. The Morgan fingerprint density at radius 3 is 1.51 bits per heavy atom. The molecule has 6 nitrogen and oxygen atoms in total. The molecule has 6 rings (SSSR count). The van der Waals surface area contributed by atoms with Gasteiger partial charge in [-0.1, -0.05) is 53.0 Å². The highest BCUT2D eigenvalue weighted by Gasteiger charge is 2.16. The fourth-order valence-electron chi connectivity index (χ4n) is 4.99. The van der Waals surface area contributed by atoms with Gasteiger partial charge in [0.15, 0.2) is 0 Å². The minimum atomic E-state index is 0.185. The smallest absolute Gasteiger partial charge is 0.115 e. The van der Waals surface area contributed by atoms with E-state index >= 15 is 0 Å². The largest absolute Gasteiger partial charge is 0.508 e. The van der Waals surface area contributed by atoms with Crippen molar-refractivity contribution in [2.24, 2.45) is 0 Å². The number of aryl methyl sites for hydroxylation is 2. The number of phenols is 2. The molecule has 9 heteroatoms. The van der Waals surface area contributed by atoms with E-state index in [1.807, 2.05) is 37.3 Å². The standard InChI is InChI=1S/C19H12Cl2N2O.C19H13ClN2O/c1-11-17(10-22)16(15-7-4-13(20)8-18(15)21)9-19(23-11)12-2-5-14(24)6-3-12;1-12-18(11-21)17(14-3-2-4-15(20)9-14)10-19(22-12)13-5-7-16(23)8-6-13/h2-9,24H,1H3;2-10,23H,1H3. The highest BCUT2D eigenvalue weighted by Crippen LogP contribution is 2.36. The second kappa shape index (κ2) is 14.4. The second-order valence-electron chi connectivity index (χ2n) is 10.5. The number of nitriles is 2. The van der Waals surface area contributed by atoms with Crippen LogP contribution in [0, 0.1) is 36.5 Å². The molecule has 0 spiro atoms. The quantitative estimate of drug-likeness (QED) is 0.192. The van der Waals surface area contributed by atoms with E-state index in [0.29, 0.717) is 48.8 Å². The van der Waals surface area contributed by atoms with Gasteiger partial charge in [0.2, 0.25) is 0 Å². The van der Waals surface area contributed by atoms with Crippen LogP contribution in [0.5, 0.6) is 11.5 Å². The van der Waals surface area contributed by atoms with Crippen molar-refractivity contribution >= 4 is 34.8 Å². The van der Waals surface area contributed by atoms with Crippen LogP contribution >= 0.6 is 34.8 Å². The zero-order valence-electron chi connectivity index (χ0n) is 25.1. The maximum atomic E-state index is 9.51. The summed E-state index contributed by atoms with van der Waals surface area (Å²) in [5.41, 5.74) is 8.55. The highest BCUT2D eigenvalue weighted by molar-refractivity contribution is 6.36. The van der Waals surface area contributed by atoms with Crippen LogP contribution in [0.4, 0.5) is 0 Å². The molecule has 2 N–H and O–H groups in total. The average molecular weight is 676 g/mol. The molecule has 47 heavy (non-hydrogen) atoms. The zero-order valence-corrected chi connectivity index (χ0v) is 27.4. The minimum absolute atomic E-state index is 0.185. The number of nitrogens with zero attached hydrogens (tertiary/aromatic N) is 4. The first-order chi connectivity index (χ1) is 22.6. The number of benzene rings is 4. The van der Waals surface area contributed by atoms with Crippen LogP contribution in [0.2, 0.25) is 15.1 Å². The lowest BCUT2D eigenvalue weighted by Crippen LogP contribution is -1.96. The number of halogens is 3. The summed E-state index contributed by atoms with van der Waals surface area (Å²) in [6.07, 6.45) is 0. The predicted molar refractivity (Wildman–Crippen MR) is 187 cm³/mol. The normalized spacial score (nSPS) is 10.4. The number of hydrogen-bond donors (Lipinski definition) is 2. The van der Waals surface area contributed by atoms with Crippen LogP contribution in [-0.2, 0) is 0 Å². The summed E-state index contributed by atoms with van der Waals surface area (Å²) in [6, 6.07) is 34.3. The summed E-state index contributed by atoms with van der Waals surface area (Å²) in [7, 11) is 0. The minimum Gasteiger partial charge on any atom is -0.508 e. The van der Waals surface area contributed by atoms with Crippen molar-refractivity contribution in [3.8, 4) is 68.4 Å². The van der Waals surface area contributed by atoms with Gasteiger partial charge in [0, 0.05) is 42.9 Å². The zero-order chi connectivity index (χ0) is 33.7. The van der Waals surface area contributed by atoms with Gasteiger partial charge in [-0.2, -0.15) is 10.5 Å². The molecule has 0 atom stereocenters. The van der Waals surface area contributed by atoms with Crippen molar-refractivity contribution in [2.45, 2.75) is 13.8 Å². The third-order valence-electron chi connectivity index (χ3n) is 7.31. The molecular weight excluding hydrogens is 651 g/mol. The molecule has 0 amide bonds. The van der Waals surface area contributed by atoms with Gasteiger partial charge in [-0.3, -0.25) is 9.97 Å². The summed E-state index contributed by atoms with van der Waals surface area (Å²) >= 11 is 18.4. The van der Waals surface area contributed by atoms with Crippen LogP contribution in [0.15, 0.2) is 103 Å². The molecule has 6 aromatic rings. The third kappa shape index (κ3) is 7.55. The van der Waals surface area contributed by atoms with Crippen molar-refractivity contribution in [3.05, 3.63) is 141 Å². The number of aromatic nitrogens is 2. The molecule has 0 radical (unpaired) electrons. The van der Waals surface area contributed by atoms with Crippen LogP contribution < -0.4 is 0 Å². The Bertz CT molecular complexity index is 2190. The molecule has 0 fully saturated rings. The average Bonchev–Trinajstić information content (AvgIpc) is 3.05. The summed E-state index contributed by atoms with van der Waals surface area (Å²) in [5.74, 6) is 0.388. The monoisotopic (exact) mass is 674 g/mol. The Hall–Kier alpha value is -5.37. The first-order valence-electron chi connectivity index (χ1n) is 14.2. The molecule has 0 bridgehead atoms. The number of pyridine rings is 2. The highest BCUT2D eigenvalue weighted by atomic mass is 35.5. The van der Waals surface area contributed by atoms with Crippen LogP contribution in [-0.4, -0.2) is 20.2 Å². The first kappa shape index (κ1) is 33.0. The number of aromatic hydroxyl groups is 2. The lowest BCUT2D eigenvalue weighted by atomic mass is 9.97. The van der Waals surface area contributed by atoms with Gasteiger partial charge in [0.1, 0.15) is 23.6 Å². The van der Waals surface area contributed by atoms with Crippen LogP contribution in [0.1, 0.15) is 22.5 Å². The van der Waals surface area contributed by atoms with Crippen molar-refractivity contribution in [1.29, 1.82) is 10.5 Å². The fourth-order valence-corrected chi connectivity index (χ4v) is 5.69. The van der Waals surface area contributed by atoms with E-state index in [-0.39, 0.29) is 11.5 Å². The molecule has 0 aliphatic carbocycles. The van der Waals surface area contributed by atoms with Gasteiger partial charge < -0.3 is 10.2 Å². The molecule has 0 saturated heterocycles. The number of hydrogen-bond acceptors (Lipinski definition) is 6. The van der Waals surface area contributed by atoms with E-state index in [0.717, 1.165) is 33.5 Å². The Labute approximate surface area is 287 Å². The number of rotatable bonds is 4. The van der Waals surface area contributed by atoms with Crippen LogP contribution in [0.25, 0.3) is 44.8 Å². The van der Waals surface area contributed by atoms with Gasteiger partial charge in [-0.05, 0) is 104 Å². The Morgan fingerprint density at radius 1 is 0.532 bits per heavy atom. The molecule has 4 aromatic carbocycles. The van der Waals surface area contributed by atoms with E-state index < -0.39 is 0 Å². The van der Waals surface area contributed by atoms with Crippen molar-refractivity contribution < 1.29 is 10.2 Å². The molecule has 0 unspecified atom stereocenters. The van der Waals surface area contributed by atoms with E-state index in [1.54, 1.807) is 79.7 Å². The topological polar surface area (TPSA) is 114 Å². The maximum absolute atomic E-state index is 9.51. The van der Waals surface area contributed by atoms with Gasteiger partial charge in [0.05, 0.1) is 33.9 Å². The Kier molecular flexibility index (Phi) is 10.1. The molecule has 0 aliphatic rings. The van der Waals surface area contributed by atoms with Gasteiger partial charge in [0.25, 0.3) is 0 Å². The van der Waals surface area contributed by atoms with Crippen molar-refractivity contribution in [3.63, 3.8) is 0 Å². The molecule has 2 heterocycles. The second-order valence-corrected chi connectivity index (χ2v) is 11.8. The van der Waals surface area contributed by atoms with E-state index in [9.17, 15) is 20.7 Å².